The standard InChI is InChI=1S/C19H19FN2O3S2/c1-25-18-9-5-4-8-16(18)22-17-12-27(23,24)11-15(17)21-19(22)26-10-13-6-2-3-7-14(13)20/h2-9,15,17H,10-12H2,1H3/t15-,17-/m1/s1. The number of thioether (sulfide) groups is 1. The van der Waals surface area contributed by atoms with Crippen molar-refractivity contribution in [1.29, 1.82) is 0 Å². The average molecular weight is 407 g/mol. The van der Waals surface area contributed by atoms with Gasteiger partial charge in [-0.2, -0.15) is 0 Å². The van der Waals surface area contributed by atoms with Crippen molar-refractivity contribution in [2.75, 3.05) is 23.5 Å². The Balaban J connectivity index is 1.67. The minimum atomic E-state index is -3.12. The van der Waals surface area contributed by atoms with E-state index in [1.165, 1.54) is 17.8 Å². The van der Waals surface area contributed by atoms with Crippen LogP contribution in [0.1, 0.15) is 5.56 Å². The molecule has 1 saturated heterocycles. The molecular weight excluding hydrogens is 387 g/mol. The summed E-state index contributed by atoms with van der Waals surface area (Å²) in [7, 11) is -1.54. The first-order valence-corrected chi connectivity index (χ1v) is 11.4. The molecule has 0 radical (unpaired) electrons. The zero-order chi connectivity index (χ0) is 19.0. The summed E-state index contributed by atoms with van der Waals surface area (Å²) >= 11 is 1.42. The van der Waals surface area contributed by atoms with Gasteiger partial charge in [-0.05, 0) is 23.8 Å². The summed E-state index contributed by atoms with van der Waals surface area (Å²) in [5.41, 5.74) is 1.37. The number of anilines is 1. The highest BCUT2D eigenvalue weighted by molar-refractivity contribution is 8.13. The lowest BCUT2D eigenvalue weighted by Crippen LogP contribution is -2.39. The number of para-hydroxylation sites is 2. The van der Waals surface area contributed by atoms with Crippen molar-refractivity contribution in [3.63, 3.8) is 0 Å². The van der Waals surface area contributed by atoms with Crippen LogP contribution in [0, 0.1) is 5.82 Å². The third kappa shape index (κ3) is 3.55. The number of nitrogens with zero attached hydrogens (tertiary/aromatic N) is 2. The van der Waals surface area contributed by atoms with Gasteiger partial charge in [0, 0.05) is 5.75 Å². The van der Waals surface area contributed by atoms with Crippen LogP contribution in [0.3, 0.4) is 0 Å². The van der Waals surface area contributed by atoms with Crippen molar-refractivity contribution < 1.29 is 17.5 Å². The topological polar surface area (TPSA) is 59.0 Å². The lowest BCUT2D eigenvalue weighted by atomic mass is 10.1. The molecule has 0 spiro atoms. The predicted molar refractivity (Wildman–Crippen MR) is 107 cm³/mol. The number of methoxy groups -OCH3 is 1. The molecule has 2 atom stereocenters. The highest BCUT2D eigenvalue weighted by Crippen LogP contribution is 2.39. The number of benzene rings is 2. The Morgan fingerprint density at radius 3 is 2.70 bits per heavy atom. The number of sulfone groups is 1. The maximum Gasteiger partial charge on any atom is 0.164 e. The second-order valence-corrected chi connectivity index (χ2v) is 9.64. The molecule has 5 nitrogen and oxygen atoms in total. The minimum Gasteiger partial charge on any atom is -0.495 e. The molecule has 2 heterocycles. The molecule has 1 fully saturated rings. The fourth-order valence-electron chi connectivity index (χ4n) is 3.50. The van der Waals surface area contributed by atoms with Crippen molar-refractivity contribution >= 4 is 32.5 Å². The van der Waals surface area contributed by atoms with E-state index in [0.29, 0.717) is 22.2 Å². The number of hydrogen-bond acceptors (Lipinski definition) is 6. The molecule has 0 aromatic heterocycles. The van der Waals surface area contributed by atoms with Crippen molar-refractivity contribution in [1.82, 2.24) is 0 Å². The molecule has 8 heteroatoms. The molecule has 2 aliphatic heterocycles. The molecule has 2 aliphatic rings. The van der Waals surface area contributed by atoms with Crippen molar-refractivity contribution in [3.05, 3.63) is 59.9 Å². The van der Waals surface area contributed by atoms with Crippen LogP contribution in [0.5, 0.6) is 5.75 Å². The normalized spacial score (nSPS) is 23.2. The second kappa shape index (κ2) is 7.16. The predicted octanol–water partition coefficient (Wildman–Crippen LogP) is 3.11. The van der Waals surface area contributed by atoms with E-state index < -0.39 is 9.84 Å². The monoisotopic (exact) mass is 406 g/mol. The van der Waals surface area contributed by atoms with Crippen LogP contribution >= 0.6 is 11.8 Å². The summed E-state index contributed by atoms with van der Waals surface area (Å²) in [6, 6.07) is 13.6. The summed E-state index contributed by atoms with van der Waals surface area (Å²) in [6.45, 7) is 0. The molecule has 0 saturated carbocycles. The first kappa shape index (κ1) is 18.3. The van der Waals surface area contributed by atoms with Crippen molar-refractivity contribution in [2.24, 2.45) is 4.99 Å². The summed E-state index contributed by atoms with van der Waals surface area (Å²) in [6.07, 6.45) is 0. The van der Waals surface area contributed by atoms with Gasteiger partial charge in [0.15, 0.2) is 15.0 Å². The van der Waals surface area contributed by atoms with E-state index in [9.17, 15) is 12.8 Å². The van der Waals surface area contributed by atoms with Crippen LogP contribution in [0.15, 0.2) is 53.5 Å². The van der Waals surface area contributed by atoms with Gasteiger partial charge in [0.2, 0.25) is 0 Å². The summed E-state index contributed by atoms with van der Waals surface area (Å²) < 4.78 is 43.7. The van der Waals surface area contributed by atoms with E-state index in [0.717, 1.165) is 5.69 Å². The molecule has 142 valence electrons. The zero-order valence-corrected chi connectivity index (χ0v) is 16.3. The number of hydrogen-bond donors (Lipinski definition) is 0. The maximum absolute atomic E-state index is 14.0. The first-order valence-electron chi connectivity index (χ1n) is 8.55. The molecular formula is C19H19FN2O3S2. The van der Waals surface area contributed by atoms with Crippen LogP contribution in [-0.2, 0) is 15.6 Å². The van der Waals surface area contributed by atoms with E-state index in [-0.39, 0.29) is 29.4 Å². The van der Waals surface area contributed by atoms with Gasteiger partial charge in [0.05, 0.1) is 36.4 Å². The van der Waals surface area contributed by atoms with Gasteiger partial charge >= 0.3 is 0 Å². The van der Waals surface area contributed by atoms with E-state index in [2.05, 4.69) is 4.99 Å². The van der Waals surface area contributed by atoms with Gasteiger partial charge in [-0.25, -0.2) is 12.8 Å². The minimum absolute atomic E-state index is 0.0487. The fraction of sp³-hybridized carbons (Fsp3) is 0.316. The summed E-state index contributed by atoms with van der Waals surface area (Å²) in [5, 5.41) is 0.702. The molecule has 4 rings (SSSR count). The Morgan fingerprint density at radius 2 is 1.93 bits per heavy atom. The number of ether oxygens (including phenoxy) is 1. The number of halogens is 1. The Hall–Kier alpha value is -2.06. The molecule has 0 unspecified atom stereocenters. The highest BCUT2D eigenvalue weighted by Gasteiger charge is 2.47. The van der Waals surface area contributed by atoms with E-state index >= 15 is 0 Å². The fourth-order valence-corrected chi connectivity index (χ4v) is 6.45. The average Bonchev–Trinajstić information content (AvgIpc) is 3.12. The van der Waals surface area contributed by atoms with Crippen LogP contribution in [0.25, 0.3) is 0 Å². The molecule has 27 heavy (non-hydrogen) atoms. The van der Waals surface area contributed by atoms with Gasteiger partial charge < -0.3 is 9.64 Å². The van der Waals surface area contributed by atoms with Crippen molar-refractivity contribution in [2.45, 2.75) is 17.8 Å². The van der Waals surface area contributed by atoms with E-state index in [1.54, 1.807) is 25.3 Å². The Labute approximate surface area is 162 Å². The number of amidine groups is 1. The third-order valence-corrected chi connectivity index (χ3v) is 7.48. The molecule has 0 amide bonds. The van der Waals surface area contributed by atoms with Crippen LogP contribution < -0.4 is 9.64 Å². The zero-order valence-electron chi connectivity index (χ0n) is 14.7. The van der Waals surface area contributed by atoms with Crippen LogP contribution in [0.4, 0.5) is 10.1 Å². The highest BCUT2D eigenvalue weighted by atomic mass is 32.2. The Bertz CT molecular complexity index is 994. The van der Waals surface area contributed by atoms with E-state index in [4.69, 9.17) is 4.74 Å². The number of rotatable bonds is 4. The van der Waals surface area contributed by atoms with Gasteiger partial charge in [-0.15, -0.1) is 0 Å². The second-order valence-electron chi connectivity index (χ2n) is 6.55. The molecule has 0 N–H and O–H groups in total. The largest absolute Gasteiger partial charge is 0.495 e. The number of aliphatic imine (C=N–C) groups is 1. The lowest BCUT2D eigenvalue weighted by molar-refractivity contribution is 0.415. The van der Waals surface area contributed by atoms with Crippen LogP contribution in [-0.4, -0.2) is 44.3 Å². The maximum atomic E-state index is 14.0. The first-order chi connectivity index (χ1) is 13.0. The summed E-state index contributed by atoms with van der Waals surface area (Å²) in [5.74, 6) is 0.927. The number of fused-ring (bicyclic) bond motifs is 1. The molecule has 2 aromatic rings. The van der Waals surface area contributed by atoms with Crippen molar-refractivity contribution in [3.8, 4) is 5.75 Å². The Kier molecular flexibility index (Phi) is 4.86. The van der Waals surface area contributed by atoms with Gasteiger partial charge in [-0.1, -0.05) is 42.1 Å². The summed E-state index contributed by atoms with van der Waals surface area (Å²) in [4.78, 5) is 6.62. The van der Waals surface area contributed by atoms with Crippen LogP contribution in [0.2, 0.25) is 0 Å². The van der Waals surface area contributed by atoms with Gasteiger partial charge in [0.25, 0.3) is 0 Å². The smallest absolute Gasteiger partial charge is 0.164 e. The molecule has 0 bridgehead atoms. The molecule has 0 aliphatic carbocycles. The Morgan fingerprint density at radius 1 is 1.19 bits per heavy atom. The molecule has 2 aromatic carbocycles. The van der Waals surface area contributed by atoms with Gasteiger partial charge in [-0.3, -0.25) is 4.99 Å². The quantitative estimate of drug-likeness (QED) is 0.781. The van der Waals surface area contributed by atoms with Gasteiger partial charge in [0.1, 0.15) is 11.6 Å². The lowest BCUT2D eigenvalue weighted by Gasteiger charge is -2.27. The van der Waals surface area contributed by atoms with E-state index in [1.807, 2.05) is 29.2 Å². The third-order valence-electron chi connectivity index (χ3n) is 4.77. The SMILES string of the molecule is COc1ccccc1N1C(SCc2ccccc2F)=N[C@@H]2CS(=O)(=O)C[C@H]21.